The van der Waals surface area contributed by atoms with Crippen molar-refractivity contribution >= 4 is 35.8 Å². The highest BCUT2D eigenvalue weighted by atomic mass is 32.2. The molecule has 1 aromatic carbocycles. The Hall–Kier alpha value is -3.05. The van der Waals surface area contributed by atoms with Gasteiger partial charge in [-0.15, -0.1) is 6.58 Å². The van der Waals surface area contributed by atoms with E-state index < -0.39 is 35.7 Å². The normalized spacial score (nSPS) is 31.4. The number of carbonyl (C=O) groups is 4. The van der Waals surface area contributed by atoms with Gasteiger partial charge >= 0.3 is 6.09 Å². The Morgan fingerprint density at radius 3 is 2.60 bits per heavy atom. The molecule has 1 aromatic rings. The van der Waals surface area contributed by atoms with Crippen LogP contribution in [0.5, 0.6) is 0 Å². The average molecular weight is 666 g/mol. The molecule has 3 fully saturated rings. The van der Waals surface area contributed by atoms with Crippen molar-refractivity contribution in [2.45, 2.75) is 133 Å². The highest BCUT2D eigenvalue weighted by Gasteiger charge is 2.61. The van der Waals surface area contributed by atoms with E-state index in [0.717, 1.165) is 56.9 Å². The van der Waals surface area contributed by atoms with Crippen LogP contribution in [0.1, 0.15) is 95.2 Å². The summed E-state index contributed by atoms with van der Waals surface area (Å²) >= 11 is 1.41. The monoisotopic (exact) mass is 665 g/mol. The molecule has 4 amide bonds. The summed E-state index contributed by atoms with van der Waals surface area (Å²) < 4.78 is 9.01. The summed E-state index contributed by atoms with van der Waals surface area (Å²) in [5.41, 5.74) is 2.58. The SMILES string of the molecule is C=C[C@@H]1C[C@]1(NC(=O)[C@@H]1C[C@@H]2CN1C(=O)[C@H](C(C)C)NC(C)CCCCCCc1cccc3c1CN(C3)C(=O)O2)C(=O)NSC1CC1. The first-order valence-electron chi connectivity index (χ1n) is 17.6. The number of benzene rings is 1. The van der Waals surface area contributed by atoms with E-state index in [-0.39, 0.29) is 42.7 Å². The van der Waals surface area contributed by atoms with Gasteiger partial charge in [0.1, 0.15) is 17.7 Å². The second kappa shape index (κ2) is 14.2. The van der Waals surface area contributed by atoms with Crippen molar-refractivity contribution in [2.75, 3.05) is 6.54 Å². The Kier molecular flexibility index (Phi) is 10.2. The highest BCUT2D eigenvalue weighted by Crippen LogP contribution is 2.46. The number of nitrogens with zero attached hydrogens (tertiary/aromatic N) is 2. The molecule has 6 atom stereocenters. The number of amides is 4. The fourth-order valence-electron chi connectivity index (χ4n) is 7.43. The maximum atomic E-state index is 14.3. The third-order valence-corrected chi connectivity index (χ3v) is 11.7. The summed E-state index contributed by atoms with van der Waals surface area (Å²) in [5, 5.41) is 7.03. The van der Waals surface area contributed by atoms with Crippen molar-refractivity contribution in [3.05, 3.63) is 47.5 Å². The minimum Gasteiger partial charge on any atom is -0.444 e. The van der Waals surface area contributed by atoms with Gasteiger partial charge in [0.05, 0.1) is 12.6 Å². The van der Waals surface area contributed by atoms with E-state index in [1.54, 1.807) is 15.9 Å². The molecule has 5 aliphatic rings. The van der Waals surface area contributed by atoms with Gasteiger partial charge in [0.2, 0.25) is 11.8 Å². The van der Waals surface area contributed by atoms with Gasteiger partial charge in [-0.05, 0) is 80.0 Å². The zero-order valence-electron chi connectivity index (χ0n) is 28.1. The molecule has 2 aliphatic carbocycles. The maximum absolute atomic E-state index is 14.3. The van der Waals surface area contributed by atoms with Crippen LogP contribution in [0.15, 0.2) is 30.9 Å². The van der Waals surface area contributed by atoms with E-state index in [9.17, 15) is 19.2 Å². The minimum atomic E-state index is -1.08. The van der Waals surface area contributed by atoms with Crippen molar-refractivity contribution in [1.29, 1.82) is 0 Å². The average Bonchev–Trinajstić information content (AvgIpc) is 3.91. The van der Waals surface area contributed by atoms with Gasteiger partial charge < -0.3 is 20.3 Å². The van der Waals surface area contributed by atoms with Crippen molar-refractivity contribution in [3.63, 3.8) is 0 Å². The molecule has 0 spiro atoms. The van der Waals surface area contributed by atoms with E-state index in [0.29, 0.717) is 24.8 Å². The molecule has 256 valence electrons. The Morgan fingerprint density at radius 1 is 1.11 bits per heavy atom. The van der Waals surface area contributed by atoms with Gasteiger partial charge in [-0.2, -0.15) is 0 Å². The topological polar surface area (TPSA) is 120 Å². The number of rotatable bonds is 7. The lowest BCUT2D eigenvalue weighted by atomic mass is 9.97. The van der Waals surface area contributed by atoms with Crippen LogP contribution in [0.3, 0.4) is 0 Å². The molecule has 2 saturated carbocycles. The molecule has 1 unspecified atom stereocenters. The Bertz CT molecular complexity index is 1380. The van der Waals surface area contributed by atoms with Crippen molar-refractivity contribution in [1.82, 2.24) is 25.2 Å². The lowest BCUT2D eigenvalue weighted by Crippen LogP contribution is -2.58. The van der Waals surface area contributed by atoms with Crippen LogP contribution in [0.4, 0.5) is 4.79 Å². The van der Waals surface area contributed by atoms with Crippen molar-refractivity contribution in [2.24, 2.45) is 11.8 Å². The fourth-order valence-corrected chi connectivity index (χ4v) is 8.26. The van der Waals surface area contributed by atoms with Gasteiger partial charge in [-0.1, -0.05) is 57.4 Å². The Labute approximate surface area is 283 Å². The van der Waals surface area contributed by atoms with Gasteiger partial charge in [-0.25, -0.2) is 4.79 Å². The third kappa shape index (κ3) is 7.51. The van der Waals surface area contributed by atoms with Crippen molar-refractivity contribution in [3.8, 4) is 0 Å². The zero-order chi connectivity index (χ0) is 33.3. The van der Waals surface area contributed by atoms with Crippen LogP contribution in [-0.2, 0) is 38.6 Å². The van der Waals surface area contributed by atoms with Crippen LogP contribution in [-0.4, -0.2) is 75.2 Å². The molecule has 6 rings (SSSR count). The number of fused-ring (bicyclic) bond motifs is 3. The molecule has 11 heteroatoms. The molecule has 3 N–H and O–H groups in total. The molecule has 0 aromatic heterocycles. The second-order valence-electron chi connectivity index (χ2n) is 14.7. The van der Waals surface area contributed by atoms with Gasteiger partial charge in [0.25, 0.3) is 5.91 Å². The van der Waals surface area contributed by atoms with Crippen LogP contribution < -0.4 is 15.4 Å². The molecule has 0 radical (unpaired) electrons. The van der Waals surface area contributed by atoms with Crippen LogP contribution in [0, 0.1) is 11.8 Å². The van der Waals surface area contributed by atoms with E-state index in [1.807, 2.05) is 13.8 Å². The second-order valence-corrected chi connectivity index (χ2v) is 15.8. The van der Waals surface area contributed by atoms with E-state index >= 15 is 0 Å². The third-order valence-electron chi connectivity index (χ3n) is 10.6. The largest absolute Gasteiger partial charge is 0.444 e. The van der Waals surface area contributed by atoms with Crippen LogP contribution in [0.25, 0.3) is 0 Å². The van der Waals surface area contributed by atoms with E-state index in [4.69, 9.17) is 4.74 Å². The summed E-state index contributed by atoms with van der Waals surface area (Å²) in [6.45, 7) is 11.1. The lowest BCUT2D eigenvalue weighted by molar-refractivity contribution is -0.142. The molecule has 10 nitrogen and oxygen atoms in total. The molecule has 3 heterocycles. The first-order chi connectivity index (χ1) is 22.6. The first-order valence-corrected chi connectivity index (χ1v) is 18.5. The summed E-state index contributed by atoms with van der Waals surface area (Å²) in [6.07, 6.45) is 9.77. The number of carbonyl (C=O) groups excluding carboxylic acids is 4. The smallest absolute Gasteiger partial charge is 0.410 e. The Balaban J connectivity index is 1.23. The maximum Gasteiger partial charge on any atom is 0.410 e. The number of ether oxygens (including phenoxy) is 1. The highest BCUT2D eigenvalue weighted by molar-refractivity contribution is 7.98. The van der Waals surface area contributed by atoms with Crippen LogP contribution in [0.2, 0.25) is 0 Å². The molecule has 4 bridgehead atoms. The summed E-state index contributed by atoms with van der Waals surface area (Å²) in [7, 11) is 0. The molecule has 47 heavy (non-hydrogen) atoms. The summed E-state index contributed by atoms with van der Waals surface area (Å²) in [5.74, 6) is -1.02. The van der Waals surface area contributed by atoms with Gasteiger partial charge in [0.15, 0.2) is 0 Å². The molecular weight excluding hydrogens is 614 g/mol. The van der Waals surface area contributed by atoms with Crippen molar-refractivity contribution < 1.29 is 23.9 Å². The van der Waals surface area contributed by atoms with Crippen LogP contribution >= 0.6 is 11.9 Å². The number of hydrogen-bond acceptors (Lipinski definition) is 7. The Morgan fingerprint density at radius 2 is 1.87 bits per heavy atom. The molecule has 3 aliphatic heterocycles. The van der Waals surface area contributed by atoms with Gasteiger partial charge in [-0.3, -0.25) is 24.0 Å². The zero-order valence-corrected chi connectivity index (χ0v) is 28.9. The number of nitrogens with one attached hydrogen (secondary N) is 3. The minimum absolute atomic E-state index is 0.0224. The predicted molar refractivity (Wildman–Crippen MR) is 182 cm³/mol. The summed E-state index contributed by atoms with van der Waals surface area (Å²) in [6, 6.07) is 5.07. The van der Waals surface area contributed by atoms with E-state index in [2.05, 4.69) is 47.1 Å². The molecular formula is C36H51N5O5S. The standard InChI is InChI=1S/C36H51N5O5S/c1-5-26-18-36(26,34(44)39-47-28-15-16-28)38-32(42)30-17-27-20-41(30)33(43)31(22(2)3)37-23(4)11-8-6-7-9-12-24-13-10-14-25-19-40(21-29(24)25)35(45)46-27/h5,10,13-14,22-23,26-28,30-31,37H,1,6-9,11-12,15-21H2,2-4H3,(H,38,42)(H,39,44)/t23?,26-,27-,30+,31+,36-/m1/s1. The first kappa shape index (κ1) is 33.8. The number of aryl methyl sites for hydroxylation is 1. The predicted octanol–water partition coefficient (Wildman–Crippen LogP) is 4.61. The quantitative estimate of drug-likeness (QED) is 0.288. The fraction of sp³-hybridized carbons (Fsp3) is 0.667. The molecule has 1 saturated heterocycles. The van der Waals surface area contributed by atoms with Gasteiger partial charge in [0, 0.05) is 36.7 Å². The summed E-state index contributed by atoms with van der Waals surface area (Å²) in [4.78, 5) is 58.6. The van der Waals surface area contributed by atoms with E-state index in [1.165, 1.54) is 23.1 Å². The number of hydrogen-bond donors (Lipinski definition) is 3. The lowest BCUT2D eigenvalue weighted by Gasteiger charge is -2.33.